The Kier molecular flexibility index (Phi) is 5.32. The van der Waals surface area contributed by atoms with Gasteiger partial charge in [-0.05, 0) is 13.0 Å². The highest BCUT2D eigenvalue weighted by Crippen LogP contribution is 1.91. The smallest absolute Gasteiger partial charge is 0.0348 e. The molecular weight excluding hydrogens is 112 g/mol. The first kappa shape index (κ1) is 8.50. The van der Waals surface area contributed by atoms with E-state index in [4.69, 9.17) is 5.73 Å². The van der Waals surface area contributed by atoms with Gasteiger partial charge in [-0.25, -0.2) is 0 Å². The SMILES string of the molecule is CC.NC1=CCCNC1. The standard InChI is InChI=1S/C5H10N2.C2H6/c6-5-2-1-3-7-4-5;1-2/h2,7H,1,3-4,6H2;1-2H3. The molecule has 54 valence electrons. The maximum absolute atomic E-state index is 5.43. The monoisotopic (exact) mass is 128 g/mol. The molecule has 0 saturated heterocycles. The molecule has 0 aromatic rings. The zero-order chi connectivity index (χ0) is 7.11. The molecule has 9 heavy (non-hydrogen) atoms. The van der Waals surface area contributed by atoms with Gasteiger partial charge in [0.15, 0.2) is 0 Å². The Morgan fingerprint density at radius 3 is 2.44 bits per heavy atom. The molecule has 3 N–H and O–H groups in total. The van der Waals surface area contributed by atoms with Crippen LogP contribution in [0.4, 0.5) is 0 Å². The largest absolute Gasteiger partial charge is 0.401 e. The summed E-state index contributed by atoms with van der Waals surface area (Å²) in [6.07, 6.45) is 3.16. The molecule has 0 aromatic heterocycles. The van der Waals surface area contributed by atoms with Crippen LogP contribution in [0.25, 0.3) is 0 Å². The van der Waals surface area contributed by atoms with Gasteiger partial charge in [-0.1, -0.05) is 19.9 Å². The van der Waals surface area contributed by atoms with Gasteiger partial charge >= 0.3 is 0 Å². The lowest BCUT2D eigenvalue weighted by Crippen LogP contribution is -2.25. The van der Waals surface area contributed by atoms with Crippen LogP contribution in [0.1, 0.15) is 20.3 Å². The molecule has 0 fully saturated rings. The molecule has 0 amide bonds. The Balaban J connectivity index is 0.000000291. The molecule has 2 heteroatoms. The van der Waals surface area contributed by atoms with E-state index >= 15 is 0 Å². The topological polar surface area (TPSA) is 38.0 Å². The third-order valence-corrected chi connectivity index (χ3v) is 1.06. The summed E-state index contributed by atoms with van der Waals surface area (Å²) in [5.74, 6) is 0. The van der Waals surface area contributed by atoms with Crippen molar-refractivity contribution in [1.82, 2.24) is 5.32 Å². The number of rotatable bonds is 0. The van der Waals surface area contributed by atoms with Crippen LogP contribution in [-0.4, -0.2) is 13.1 Å². The van der Waals surface area contributed by atoms with E-state index < -0.39 is 0 Å². The Hall–Kier alpha value is -0.500. The normalized spacial score (nSPS) is 17.3. The molecule has 2 nitrogen and oxygen atoms in total. The average molecular weight is 128 g/mol. The lowest BCUT2D eigenvalue weighted by Gasteiger charge is -2.08. The van der Waals surface area contributed by atoms with Gasteiger partial charge in [0.25, 0.3) is 0 Å². The Bertz CT molecular complexity index is 86.9. The van der Waals surface area contributed by atoms with E-state index in [9.17, 15) is 0 Å². The van der Waals surface area contributed by atoms with Crippen molar-refractivity contribution in [2.24, 2.45) is 5.73 Å². The van der Waals surface area contributed by atoms with Crippen molar-refractivity contribution in [2.75, 3.05) is 13.1 Å². The van der Waals surface area contributed by atoms with E-state index in [1.54, 1.807) is 0 Å². The summed E-state index contributed by atoms with van der Waals surface area (Å²) in [6, 6.07) is 0. The number of hydrogen-bond donors (Lipinski definition) is 2. The molecular formula is C7H16N2. The second-order valence-electron chi connectivity index (χ2n) is 1.74. The van der Waals surface area contributed by atoms with E-state index in [0.717, 1.165) is 25.2 Å². The lowest BCUT2D eigenvalue weighted by atomic mass is 10.2. The predicted octanol–water partition coefficient (Wildman–Crippen LogP) is 0.849. The molecule has 0 unspecified atom stereocenters. The van der Waals surface area contributed by atoms with Gasteiger partial charge in [0.1, 0.15) is 0 Å². The Morgan fingerprint density at radius 2 is 2.22 bits per heavy atom. The summed E-state index contributed by atoms with van der Waals surface area (Å²) in [6.45, 7) is 5.96. The minimum atomic E-state index is 0.875. The summed E-state index contributed by atoms with van der Waals surface area (Å²) < 4.78 is 0. The fourth-order valence-electron chi connectivity index (χ4n) is 0.665. The molecule has 0 atom stereocenters. The lowest BCUT2D eigenvalue weighted by molar-refractivity contribution is 0.697. The van der Waals surface area contributed by atoms with E-state index in [-0.39, 0.29) is 0 Å². The first-order valence-corrected chi connectivity index (χ1v) is 3.55. The van der Waals surface area contributed by atoms with Crippen LogP contribution >= 0.6 is 0 Å². The third kappa shape index (κ3) is 4.03. The van der Waals surface area contributed by atoms with Gasteiger partial charge in [-0.15, -0.1) is 0 Å². The average Bonchev–Trinajstić information content (AvgIpc) is 1.94. The molecule has 0 spiro atoms. The van der Waals surface area contributed by atoms with E-state index in [1.165, 1.54) is 0 Å². The molecule has 0 aromatic carbocycles. The first-order chi connectivity index (χ1) is 4.39. The van der Waals surface area contributed by atoms with Gasteiger partial charge in [-0.2, -0.15) is 0 Å². The fourth-order valence-corrected chi connectivity index (χ4v) is 0.665. The fraction of sp³-hybridized carbons (Fsp3) is 0.714. The van der Waals surface area contributed by atoms with E-state index in [1.807, 2.05) is 13.8 Å². The minimum Gasteiger partial charge on any atom is -0.401 e. The maximum Gasteiger partial charge on any atom is 0.0348 e. The van der Waals surface area contributed by atoms with Crippen LogP contribution in [0.3, 0.4) is 0 Å². The highest BCUT2D eigenvalue weighted by Gasteiger charge is 1.94. The van der Waals surface area contributed by atoms with Crippen LogP contribution in [0.2, 0.25) is 0 Å². The predicted molar refractivity (Wildman–Crippen MR) is 41.1 cm³/mol. The van der Waals surface area contributed by atoms with Crippen molar-refractivity contribution in [3.8, 4) is 0 Å². The molecule has 0 saturated carbocycles. The van der Waals surface area contributed by atoms with Crippen molar-refractivity contribution >= 4 is 0 Å². The highest BCUT2D eigenvalue weighted by atomic mass is 14.9. The van der Waals surface area contributed by atoms with Crippen LogP contribution in [0, 0.1) is 0 Å². The Morgan fingerprint density at radius 1 is 1.56 bits per heavy atom. The van der Waals surface area contributed by atoms with Crippen LogP contribution < -0.4 is 11.1 Å². The second kappa shape index (κ2) is 5.63. The van der Waals surface area contributed by atoms with Crippen molar-refractivity contribution in [1.29, 1.82) is 0 Å². The van der Waals surface area contributed by atoms with E-state index in [0.29, 0.717) is 0 Å². The van der Waals surface area contributed by atoms with Crippen LogP contribution in [0.15, 0.2) is 11.8 Å². The van der Waals surface area contributed by atoms with Crippen LogP contribution in [-0.2, 0) is 0 Å². The minimum absolute atomic E-state index is 0.875. The summed E-state index contributed by atoms with van der Waals surface area (Å²) >= 11 is 0. The van der Waals surface area contributed by atoms with Gasteiger partial charge in [0.2, 0.25) is 0 Å². The highest BCUT2D eigenvalue weighted by molar-refractivity contribution is 5.01. The molecule has 1 aliphatic heterocycles. The number of nitrogens with two attached hydrogens (primary N) is 1. The van der Waals surface area contributed by atoms with Crippen molar-refractivity contribution in [3.05, 3.63) is 11.8 Å². The van der Waals surface area contributed by atoms with Crippen molar-refractivity contribution < 1.29 is 0 Å². The summed E-state index contributed by atoms with van der Waals surface area (Å²) in [5, 5.41) is 3.14. The van der Waals surface area contributed by atoms with Crippen LogP contribution in [0.5, 0.6) is 0 Å². The zero-order valence-electron chi connectivity index (χ0n) is 6.28. The quantitative estimate of drug-likeness (QED) is 0.507. The Labute approximate surface area is 57.1 Å². The molecule has 0 bridgehead atoms. The molecule has 1 rings (SSSR count). The van der Waals surface area contributed by atoms with Gasteiger partial charge < -0.3 is 11.1 Å². The third-order valence-electron chi connectivity index (χ3n) is 1.06. The van der Waals surface area contributed by atoms with E-state index in [2.05, 4.69) is 11.4 Å². The summed E-state index contributed by atoms with van der Waals surface area (Å²) in [4.78, 5) is 0. The number of hydrogen-bond acceptors (Lipinski definition) is 2. The molecule has 0 aliphatic carbocycles. The molecule has 0 radical (unpaired) electrons. The second-order valence-corrected chi connectivity index (χ2v) is 1.74. The summed E-state index contributed by atoms with van der Waals surface area (Å²) in [7, 11) is 0. The van der Waals surface area contributed by atoms with Gasteiger partial charge in [0.05, 0.1) is 0 Å². The first-order valence-electron chi connectivity index (χ1n) is 3.55. The molecule has 1 aliphatic rings. The number of nitrogens with one attached hydrogen (secondary N) is 1. The van der Waals surface area contributed by atoms with Crippen molar-refractivity contribution in [3.63, 3.8) is 0 Å². The maximum atomic E-state index is 5.43. The van der Waals surface area contributed by atoms with Gasteiger partial charge in [-0.3, -0.25) is 0 Å². The zero-order valence-corrected chi connectivity index (χ0v) is 6.28. The molecule has 1 heterocycles. The summed E-state index contributed by atoms with van der Waals surface area (Å²) in [5.41, 5.74) is 6.41. The van der Waals surface area contributed by atoms with Crippen molar-refractivity contribution in [2.45, 2.75) is 20.3 Å². The van der Waals surface area contributed by atoms with Gasteiger partial charge in [0, 0.05) is 12.2 Å².